The van der Waals surface area contributed by atoms with Crippen molar-refractivity contribution in [2.45, 2.75) is 20.0 Å². The Labute approximate surface area is 153 Å². The van der Waals surface area contributed by atoms with Crippen molar-refractivity contribution in [2.75, 3.05) is 31.6 Å². The van der Waals surface area contributed by atoms with Crippen LogP contribution in [0.1, 0.15) is 16.7 Å². The van der Waals surface area contributed by atoms with Crippen molar-refractivity contribution in [1.82, 2.24) is 10.2 Å². The highest BCUT2D eigenvalue weighted by atomic mass is 19.1. The van der Waals surface area contributed by atoms with Crippen LogP contribution in [0.3, 0.4) is 0 Å². The minimum atomic E-state index is -0.314. The summed E-state index contributed by atoms with van der Waals surface area (Å²) in [6.45, 7) is 6.53. The van der Waals surface area contributed by atoms with Gasteiger partial charge in [0.05, 0.1) is 13.2 Å². The summed E-state index contributed by atoms with van der Waals surface area (Å²) in [4.78, 5) is 14.4. The first-order valence-corrected chi connectivity index (χ1v) is 8.79. The quantitative estimate of drug-likeness (QED) is 0.863. The number of morpholine rings is 1. The minimum absolute atomic E-state index is 0.307. The molecule has 0 spiro atoms. The zero-order valence-electron chi connectivity index (χ0n) is 14.9. The smallest absolute Gasteiger partial charge is 0.319 e. The lowest BCUT2D eigenvalue weighted by molar-refractivity contribution is 0.0342. The molecule has 26 heavy (non-hydrogen) atoms. The topological polar surface area (TPSA) is 53.6 Å². The summed E-state index contributed by atoms with van der Waals surface area (Å²) in [6.07, 6.45) is 0. The lowest BCUT2D eigenvalue weighted by atomic mass is 10.1. The van der Waals surface area contributed by atoms with Crippen LogP contribution < -0.4 is 10.6 Å². The van der Waals surface area contributed by atoms with E-state index in [9.17, 15) is 9.18 Å². The molecule has 2 amide bonds. The molecule has 2 N–H and O–H groups in total. The lowest BCUT2D eigenvalue weighted by Gasteiger charge is -2.26. The van der Waals surface area contributed by atoms with Crippen LogP contribution in [0.5, 0.6) is 0 Å². The first-order chi connectivity index (χ1) is 12.6. The third kappa shape index (κ3) is 5.28. The fourth-order valence-electron chi connectivity index (χ4n) is 2.97. The summed E-state index contributed by atoms with van der Waals surface area (Å²) >= 11 is 0. The number of aryl methyl sites for hydroxylation is 1. The Morgan fingerprint density at radius 2 is 1.92 bits per heavy atom. The Kier molecular flexibility index (Phi) is 6.20. The third-order valence-corrected chi connectivity index (χ3v) is 4.39. The van der Waals surface area contributed by atoms with Crippen LogP contribution >= 0.6 is 0 Å². The molecular formula is C20H24FN3O2. The summed E-state index contributed by atoms with van der Waals surface area (Å²) < 4.78 is 18.5. The van der Waals surface area contributed by atoms with Gasteiger partial charge in [0.25, 0.3) is 0 Å². The van der Waals surface area contributed by atoms with E-state index in [4.69, 9.17) is 4.74 Å². The summed E-state index contributed by atoms with van der Waals surface area (Å²) in [5, 5.41) is 5.59. The van der Waals surface area contributed by atoms with Crippen molar-refractivity contribution in [3.63, 3.8) is 0 Å². The summed E-state index contributed by atoms with van der Waals surface area (Å²) in [7, 11) is 0. The SMILES string of the molecule is Cc1cc(F)ccc1NC(=O)NCc1cccc(CN2CCOCC2)c1. The maximum atomic E-state index is 13.1. The Morgan fingerprint density at radius 3 is 2.69 bits per heavy atom. The number of carbonyl (C=O) groups is 1. The molecular weight excluding hydrogens is 333 g/mol. The van der Waals surface area contributed by atoms with E-state index in [0.29, 0.717) is 17.8 Å². The predicted octanol–water partition coefficient (Wildman–Crippen LogP) is 3.29. The number of amides is 2. The molecule has 0 aromatic heterocycles. The van der Waals surface area contributed by atoms with E-state index in [1.165, 1.54) is 17.7 Å². The third-order valence-electron chi connectivity index (χ3n) is 4.39. The number of hydrogen-bond donors (Lipinski definition) is 2. The number of urea groups is 1. The zero-order valence-corrected chi connectivity index (χ0v) is 14.9. The van der Waals surface area contributed by atoms with Crippen LogP contribution in [0.4, 0.5) is 14.9 Å². The van der Waals surface area contributed by atoms with Crippen LogP contribution in [0.2, 0.25) is 0 Å². The van der Waals surface area contributed by atoms with Gasteiger partial charge in [0.2, 0.25) is 0 Å². The Bertz CT molecular complexity index is 760. The Hall–Kier alpha value is -2.44. The molecule has 6 heteroatoms. The molecule has 5 nitrogen and oxygen atoms in total. The van der Waals surface area contributed by atoms with Crippen LogP contribution in [0.15, 0.2) is 42.5 Å². The van der Waals surface area contributed by atoms with E-state index < -0.39 is 0 Å². The van der Waals surface area contributed by atoms with Crippen LogP contribution in [0.25, 0.3) is 0 Å². The number of nitrogens with one attached hydrogen (secondary N) is 2. The van der Waals surface area contributed by atoms with Gasteiger partial charge >= 0.3 is 6.03 Å². The summed E-state index contributed by atoms with van der Waals surface area (Å²) in [6, 6.07) is 12.2. The Balaban J connectivity index is 1.52. The second-order valence-corrected chi connectivity index (χ2v) is 6.48. The highest BCUT2D eigenvalue weighted by molar-refractivity contribution is 5.89. The van der Waals surface area contributed by atoms with Gasteiger partial charge < -0.3 is 15.4 Å². The molecule has 3 rings (SSSR count). The average Bonchev–Trinajstić information content (AvgIpc) is 2.64. The fourth-order valence-corrected chi connectivity index (χ4v) is 2.97. The largest absolute Gasteiger partial charge is 0.379 e. The second-order valence-electron chi connectivity index (χ2n) is 6.48. The number of carbonyl (C=O) groups excluding carboxylic acids is 1. The van der Waals surface area contributed by atoms with E-state index >= 15 is 0 Å². The van der Waals surface area contributed by atoms with Crippen molar-refractivity contribution in [3.8, 4) is 0 Å². The molecule has 1 aliphatic rings. The highest BCUT2D eigenvalue weighted by Gasteiger charge is 2.11. The van der Waals surface area contributed by atoms with Crippen molar-refractivity contribution >= 4 is 11.7 Å². The molecule has 0 aliphatic carbocycles. The van der Waals surface area contributed by atoms with Crippen molar-refractivity contribution in [3.05, 3.63) is 65.0 Å². The molecule has 0 radical (unpaired) electrons. The molecule has 1 fully saturated rings. The van der Waals surface area contributed by atoms with Gasteiger partial charge in [-0.05, 0) is 41.8 Å². The molecule has 138 valence electrons. The van der Waals surface area contributed by atoms with Gasteiger partial charge in [0, 0.05) is 31.9 Å². The van der Waals surface area contributed by atoms with E-state index in [0.717, 1.165) is 38.4 Å². The number of anilines is 1. The number of rotatable bonds is 5. The molecule has 1 heterocycles. The standard InChI is InChI=1S/C20H24FN3O2/c1-15-11-18(21)5-6-19(15)23-20(25)22-13-16-3-2-4-17(12-16)14-24-7-9-26-10-8-24/h2-6,11-12H,7-10,13-14H2,1H3,(H2,22,23,25). The molecule has 1 aliphatic heterocycles. The van der Waals surface area contributed by atoms with Crippen molar-refractivity contribution < 1.29 is 13.9 Å². The minimum Gasteiger partial charge on any atom is -0.379 e. The molecule has 2 aromatic carbocycles. The van der Waals surface area contributed by atoms with E-state index in [-0.39, 0.29) is 11.8 Å². The van der Waals surface area contributed by atoms with Gasteiger partial charge in [0.15, 0.2) is 0 Å². The second kappa shape index (κ2) is 8.78. The first kappa shape index (κ1) is 18.4. The molecule has 0 saturated carbocycles. The lowest BCUT2D eigenvalue weighted by Crippen LogP contribution is -2.35. The maximum absolute atomic E-state index is 13.1. The van der Waals surface area contributed by atoms with Crippen LogP contribution in [-0.4, -0.2) is 37.2 Å². The molecule has 0 unspecified atom stereocenters. The van der Waals surface area contributed by atoms with Crippen LogP contribution in [0, 0.1) is 12.7 Å². The predicted molar refractivity (Wildman–Crippen MR) is 99.5 cm³/mol. The van der Waals surface area contributed by atoms with E-state index in [1.54, 1.807) is 13.0 Å². The van der Waals surface area contributed by atoms with Gasteiger partial charge in [0.1, 0.15) is 5.82 Å². The monoisotopic (exact) mass is 357 g/mol. The highest BCUT2D eigenvalue weighted by Crippen LogP contribution is 2.15. The van der Waals surface area contributed by atoms with E-state index in [1.807, 2.05) is 12.1 Å². The molecule has 0 bridgehead atoms. The van der Waals surface area contributed by atoms with Gasteiger partial charge in [-0.3, -0.25) is 4.90 Å². The number of nitrogens with zero attached hydrogens (tertiary/aromatic N) is 1. The number of hydrogen-bond acceptors (Lipinski definition) is 3. The van der Waals surface area contributed by atoms with Crippen molar-refractivity contribution in [2.24, 2.45) is 0 Å². The van der Waals surface area contributed by atoms with Gasteiger partial charge in [-0.1, -0.05) is 24.3 Å². The molecule has 0 atom stereocenters. The average molecular weight is 357 g/mol. The number of ether oxygens (including phenoxy) is 1. The Morgan fingerprint density at radius 1 is 1.15 bits per heavy atom. The van der Waals surface area contributed by atoms with Crippen molar-refractivity contribution in [1.29, 1.82) is 0 Å². The number of halogens is 1. The summed E-state index contributed by atoms with van der Waals surface area (Å²) in [5.74, 6) is -0.314. The molecule has 1 saturated heterocycles. The van der Waals surface area contributed by atoms with E-state index in [2.05, 4.69) is 27.7 Å². The maximum Gasteiger partial charge on any atom is 0.319 e. The first-order valence-electron chi connectivity index (χ1n) is 8.79. The van der Waals surface area contributed by atoms with Gasteiger partial charge in [-0.25, -0.2) is 9.18 Å². The molecule has 2 aromatic rings. The fraction of sp³-hybridized carbons (Fsp3) is 0.350. The van der Waals surface area contributed by atoms with Gasteiger partial charge in [-0.2, -0.15) is 0 Å². The summed E-state index contributed by atoms with van der Waals surface area (Å²) in [5.41, 5.74) is 3.56. The normalized spacial score (nSPS) is 14.8. The van der Waals surface area contributed by atoms with Crippen LogP contribution in [-0.2, 0) is 17.8 Å². The van der Waals surface area contributed by atoms with Gasteiger partial charge in [-0.15, -0.1) is 0 Å². The zero-order chi connectivity index (χ0) is 18.4. The number of benzene rings is 2.